The second kappa shape index (κ2) is 5.77. The number of rotatable bonds is 3. The maximum absolute atomic E-state index is 12.3. The van der Waals surface area contributed by atoms with Crippen LogP contribution in [0.1, 0.15) is 25.5 Å². The number of aryl methyl sites for hydroxylation is 1. The molecule has 2 heterocycles. The average molecular weight is 369 g/mol. The Morgan fingerprint density at radius 1 is 1.50 bits per heavy atom. The highest BCUT2D eigenvalue weighted by Crippen LogP contribution is 2.37. The van der Waals surface area contributed by atoms with Gasteiger partial charge >= 0.3 is 21.7 Å². The van der Waals surface area contributed by atoms with Crippen LogP contribution in [0.15, 0.2) is 12.1 Å². The molecule has 0 saturated heterocycles. The lowest BCUT2D eigenvalue weighted by Gasteiger charge is -2.42. The highest BCUT2D eigenvalue weighted by atomic mass is 32.2. The normalized spacial score (nSPS) is 21.3. The third-order valence-electron chi connectivity index (χ3n) is 3.69. The first kappa shape index (κ1) is 18.3. The molecule has 1 amide bonds. The zero-order valence-electron chi connectivity index (χ0n) is 12.4. The van der Waals surface area contributed by atoms with Gasteiger partial charge in [-0.15, -0.1) is 0 Å². The van der Waals surface area contributed by atoms with Crippen molar-refractivity contribution in [2.75, 3.05) is 4.90 Å². The topological polar surface area (TPSA) is 123 Å². The molecule has 2 rings (SSSR count). The van der Waals surface area contributed by atoms with Gasteiger partial charge in [0, 0.05) is 6.07 Å². The van der Waals surface area contributed by atoms with Crippen LogP contribution in [-0.4, -0.2) is 35.8 Å². The van der Waals surface area contributed by atoms with Crippen molar-refractivity contribution in [2.45, 2.75) is 37.4 Å². The van der Waals surface area contributed by atoms with Crippen LogP contribution in [0.2, 0.25) is 0 Å². The monoisotopic (exact) mass is 369 g/mol. The SMILES string of the molecule is CCC1(N)CCc2nc(OS(=O)(=O)C(F)(F)F)ccc2N1C(=O)O. The van der Waals surface area contributed by atoms with Crippen molar-refractivity contribution in [1.82, 2.24) is 4.98 Å². The highest BCUT2D eigenvalue weighted by molar-refractivity contribution is 7.87. The van der Waals surface area contributed by atoms with E-state index < -0.39 is 33.3 Å². The van der Waals surface area contributed by atoms with Crippen molar-refractivity contribution in [2.24, 2.45) is 5.73 Å². The molecular formula is C12H14F3N3O5S. The number of halogens is 3. The third kappa shape index (κ3) is 3.11. The number of hydrogen-bond donors (Lipinski definition) is 2. The minimum atomic E-state index is -5.85. The quantitative estimate of drug-likeness (QED) is 0.615. The van der Waals surface area contributed by atoms with Gasteiger partial charge in [0.1, 0.15) is 0 Å². The summed E-state index contributed by atoms with van der Waals surface area (Å²) in [5, 5.41) is 9.36. The fourth-order valence-electron chi connectivity index (χ4n) is 2.38. The molecule has 12 heteroatoms. The zero-order valence-corrected chi connectivity index (χ0v) is 13.2. The van der Waals surface area contributed by atoms with Gasteiger partial charge in [0.25, 0.3) is 0 Å². The summed E-state index contributed by atoms with van der Waals surface area (Å²) in [6.45, 7) is 1.70. The van der Waals surface area contributed by atoms with Crippen molar-refractivity contribution in [3.8, 4) is 5.88 Å². The van der Waals surface area contributed by atoms with Crippen molar-refractivity contribution >= 4 is 21.9 Å². The first-order chi connectivity index (χ1) is 10.9. The molecule has 1 atom stereocenters. The van der Waals surface area contributed by atoms with E-state index in [1.807, 2.05) is 0 Å². The van der Waals surface area contributed by atoms with Crippen molar-refractivity contribution < 1.29 is 35.7 Å². The molecule has 1 aromatic heterocycles. The molecule has 1 aliphatic heterocycles. The van der Waals surface area contributed by atoms with E-state index in [1.54, 1.807) is 6.92 Å². The van der Waals surface area contributed by atoms with E-state index in [0.29, 0.717) is 6.42 Å². The van der Waals surface area contributed by atoms with E-state index in [9.17, 15) is 31.5 Å². The zero-order chi connectivity index (χ0) is 18.3. The number of amides is 1. The predicted molar refractivity (Wildman–Crippen MR) is 75.9 cm³/mol. The van der Waals surface area contributed by atoms with Gasteiger partial charge in [-0.25, -0.2) is 9.78 Å². The summed E-state index contributed by atoms with van der Waals surface area (Å²) in [6.07, 6.45) is -0.712. The molecule has 1 unspecified atom stereocenters. The number of hydrogen-bond acceptors (Lipinski definition) is 6. The van der Waals surface area contributed by atoms with Gasteiger partial charge in [-0.3, -0.25) is 4.90 Å². The second-order valence-electron chi connectivity index (χ2n) is 5.17. The number of carbonyl (C=O) groups is 1. The maximum Gasteiger partial charge on any atom is 0.534 e. The molecular weight excluding hydrogens is 355 g/mol. The predicted octanol–water partition coefficient (Wildman–Crippen LogP) is 1.81. The summed E-state index contributed by atoms with van der Waals surface area (Å²) in [7, 11) is -5.85. The molecule has 1 aliphatic rings. The number of nitrogens with two attached hydrogens (primary N) is 1. The number of anilines is 1. The lowest BCUT2D eigenvalue weighted by molar-refractivity contribution is -0.0501. The largest absolute Gasteiger partial charge is 0.534 e. The van der Waals surface area contributed by atoms with Gasteiger partial charge in [0.15, 0.2) is 0 Å². The van der Waals surface area contributed by atoms with Crippen LogP contribution in [0.25, 0.3) is 0 Å². The van der Waals surface area contributed by atoms with Gasteiger partial charge in [0.05, 0.1) is 17.0 Å². The molecule has 1 aromatic rings. The summed E-state index contributed by atoms with van der Waals surface area (Å²) in [5.74, 6) is -0.794. The number of fused-ring (bicyclic) bond motifs is 1. The van der Waals surface area contributed by atoms with Crippen LogP contribution in [0.4, 0.5) is 23.7 Å². The van der Waals surface area contributed by atoms with Gasteiger partial charge in [-0.05, 0) is 25.3 Å². The van der Waals surface area contributed by atoms with Crippen LogP contribution >= 0.6 is 0 Å². The first-order valence-electron chi connectivity index (χ1n) is 6.74. The summed E-state index contributed by atoms with van der Waals surface area (Å²) in [6, 6.07) is 1.97. The standard InChI is InChI=1S/C12H14F3N3O5S/c1-2-11(16)6-5-7-8(18(11)10(19)20)3-4-9(17-7)23-24(21,22)12(13,14)15/h3-4H,2,5-6,16H2,1H3,(H,19,20). The van der Waals surface area contributed by atoms with Crippen molar-refractivity contribution in [3.63, 3.8) is 0 Å². The molecule has 0 fully saturated rings. The highest BCUT2D eigenvalue weighted by Gasteiger charge is 2.49. The number of nitrogens with zero attached hydrogens (tertiary/aromatic N) is 2. The van der Waals surface area contributed by atoms with Crippen molar-refractivity contribution in [1.29, 1.82) is 0 Å². The van der Waals surface area contributed by atoms with Crippen LogP contribution < -0.4 is 14.8 Å². The summed E-state index contributed by atoms with van der Waals surface area (Å²) in [4.78, 5) is 16.0. The Bertz CT molecular complexity index is 768. The Balaban J connectivity index is 2.42. The number of pyridine rings is 1. The fraction of sp³-hybridized carbons (Fsp3) is 0.500. The van der Waals surface area contributed by atoms with Gasteiger partial charge in [0.2, 0.25) is 5.88 Å². The van der Waals surface area contributed by atoms with Crippen LogP contribution in [0.3, 0.4) is 0 Å². The second-order valence-corrected chi connectivity index (χ2v) is 6.71. The number of alkyl halides is 3. The number of carboxylic acid groups (broad SMARTS) is 1. The van der Waals surface area contributed by atoms with Crippen LogP contribution in [0.5, 0.6) is 5.88 Å². The third-order valence-corrected chi connectivity index (χ3v) is 4.64. The average Bonchev–Trinajstić information content (AvgIpc) is 2.45. The van der Waals surface area contributed by atoms with E-state index in [1.165, 1.54) is 0 Å². The molecule has 0 spiro atoms. The fourth-order valence-corrected chi connectivity index (χ4v) is 2.79. The Morgan fingerprint density at radius 2 is 2.12 bits per heavy atom. The Morgan fingerprint density at radius 3 is 2.62 bits per heavy atom. The summed E-state index contributed by atoms with van der Waals surface area (Å²) in [5.41, 5.74) is -0.550. The summed E-state index contributed by atoms with van der Waals surface area (Å²) < 4.78 is 62.9. The molecule has 0 aromatic carbocycles. The van der Waals surface area contributed by atoms with Gasteiger partial charge < -0.3 is 15.0 Å². The van der Waals surface area contributed by atoms with Gasteiger partial charge in [-0.1, -0.05) is 6.92 Å². The molecule has 0 saturated carbocycles. The van der Waals surface area contributed by atoms with Crippen LogP contribution in [-0.2, 0) is 16.5 Å². The minimum absolute atomic E-state index is 0.0786. The Kier molecular flexibility index (Phi) is 4.39. The van der Waals surface area contributed by atoms with E-state index in [4.69, 9.17) is 5.73 Å². The smallest absolute Gasteiger partial charge is 0.465 e. The summed E-state index contributed by atoms with van der Waals surface area (Å²) >= 11 is 0. The molecule has 24 heavy (non-hydrogen) atoms. The Labute approximate surface area is 135 Å². The Hall–Kier alpha value is -2.08. The maximum atomic E-state index is 12.3. The van der Waals surface area contributed by atoms with E-state index in [0.717, 1.165) is 17.0 Å². The molecule has 0 radical (unpaired) electrons. The lowest BCUT2D eigenvalue weighted by Crippen LogP contribution is -2.60. The molecule has 134 valence electrons. The molecule has 3 N–H and O–H groups in total. The molecule has 0 aliphatic carbocycles. The van der Waals surface area contributed by atoms with Gasteiger partial charge in [-0.2, -0.15) is 21.6 Å². The van der Waals surface area contributed by atoms with E-state index in [2.05, 4.69) is 9.17 Å². The molecule has 8 nitrogen and oxygen atoms in total. The van der Waals surface area contributed by atoms with E-state index in [-0.39, 0.29) is 24.2 Å². The van der Waals surface area contributed by atoms with Crippen LogP contribution in [0, 0.1) is 0 Å². The lowest BCUT2D eigenvalue weighted by atomic mass is 9.92. The first-order valence-corrected chi connectivity index (χ1v) is 8.15. The number of aromatic nitrogens is 1. The van der Waals surface area contributed by atoms with Crippen molar-refractivity contribution in [3.05, 3.63) is 17.8 Å². The minimum Gasteiger partial charge on any atom is -0.465 e. The van der Waals surface area contributed by atoms with E-state index >= 15 is 0 Å². The molecule has 0 bridgehead atoms.